The van der Waals surface area contributed by atoms with Crippen LogP contribution in [0.3, 0.4) is 0 Å². The molecule has 1 atom stereocenters. The molecule has 0 aromatic heterocycles. The molecule has 5 nitrogen and oxygen atoms in total. The summed E-state index contributed by atoms with van der Waals surface area (Å²) in [6.45, 7) is 6.93. The summed E-state index contributed by atoms with van der Waals surface area (Å²) in [5.74, 6) is 1.09. The molecule has 1 unspecified atom stereocenters. The summed E-state index contributed by atoms with van der Waals surface area (Å²) in [6.07, 6.45) is 0.486. The van der Waals surface area contributed by atoms with Gasteiger partial charge < -0.3 is 14.5 Å². The Hall–Kier alpha value is -2.04. The average Bonchev–Trinajstić information content (AvgIpc) is 2.49. The normalized spacial score (nSPS) is 18.8. The first-order valence-corrected chi connectivity index (χ1v) is 7.69. The quantitative estimate of drug-likeness (QED) is 0.857. The van der Waals surface area contributed by atoms with Crippen LogP contribution in [0.1, 0.15) is 27.2 Å². The van der Waals surface area contributed by atoms with E-state index in [1.54, 1.807) is 23.8 Å². The second kappa shape index (κ2) is 6.81. The number of carbonyl (C=O) groups excluding carboxylic acids is 2. The Balaban J connectivity index is 2.09. The zero-order valence-corrected chi connectivity index (χ0v) is 13.7. The van der Waals surface area contributed by atoms with Crippen molar-refractivity contribution in [3.8, 4) is 5.75 Å². The molecule has 1 aromatic rings. The van der Waals surface area contributed by atoms with Gasteiger partial charge in [0, 0.05) is 25.2 Å². The molecule has 5 heteroatoms. The van der Waals surface area contributed by atoms with Gasteiger partial charge in [0.15, 0.2) is 0 Å². The summed E-state index contributed by atoms with van der Waals surface area (Å²) in [7, 11) is 1.61. The van der Waals surface area contributed by atoms with Crippen LogP contribution < -0.4 is 9.64 Å². The van der Waals surface area contributed by atoms with Gasteiger partial charge in [0.2, 0.25) is 11.8 Å². The van der Waals surface area contributed by atoms with Crippen molar-refractivity contribution in [2.75, 3.05) is 25.1 Å². The topological polar surface area (TPSA) is 49.9 Å². The monoisotopic (exact) mass is 304 g/mol. The van der Waals surface area contributed by atoms with Gasteiger partial charge in [0.05, 0.1) is 7.11 Å². The highest BCUT2D eigenvalue weighted by Gasteiger charge is 2.34. The fraction of sp³-hybridized carbons (Fsp3) is 0.529. The summed E-state index contributed by atoms with van der Waals surface area (Å²) in [4.78, 5) is 28.2. The fourth-order valence-corrected chi connectivity index (χ4v) is 2.70. The lowest BCUT2D eigenvalue weighted by Crippen LogP contribution is -2.57. The fourth-order valence-electron chi connectivity index (χ4n) is 2.70. The Bertz CT molecular complexity index is 539. The average molecular weight is 304 g/mol. The minimum atomic E-state index is -0.415. The van der Waals surface area contributed by atoms with E-state index in [9.17, 15) is 9.59 Å². The van der Waals surface area contributed by atoms with Crippen molar-refractivity contribution in [1.82, 2.24) is 4.90 Å². The number of hydrogen-bond donors (Lipinski definition) is 0. The van der Waals surface area contributed by atoms with E-state index in [0.29, 0.717) is 25.4 Å². The molecule has 1 aliphatic heterocycles. The molecule has 0 saturated carbocycles. The molecule has 22 heavy (non-hydrogen) atoms. The summed E-state index contributed by atoms with van der Waals surface area (Å²) in [5.41, 5.74) is 0.841. The standard InChI is InChI=1S/C17H24N2O3/c1-12(2)11-16(20)18-9-10-19(17(21)13(18)3)14-5-7-15(22-4)8-6-14/h5-8,12-13H,9-11H2,1-4H3. The maximum atomic E-state index is 12.6. The SMILES string of the molecule is COc1ccc(N2CCN(C(=O)CC(C)C)C(C)C2=O)cc1. The summed E-state index contributed by atoms with van der Waals surface area (Å²) < 4.78 is 5.13. The van der Waals surface area contributed by atoms with Gasteiger partial charge >= 0.3 is 0 Å². The molecule has 2 amide bonds. The lowest BCUT2D eigenvalue weighted by molar-refractivity contribution is -0.141. The third-order valence-electron chi connectivity index (χ3n) is 3.94. The summed E-state index contributed by atoms with van der Waals surface area (Å²) in [5, 5.41) is 0. The van der Waals surface area contributed by atoms with Crippen molar-refractivity contribution in [1.29, 1.82) is 0 Å². The lowest BCUT2D eigenvalue weighted by atomic mass is 10.1. The highest BCUT2D eigenvalue weighted by atomic mass is 16.5. The van der Waals surface area contributed by atoms with E-state index in [4.69, 9.17) is 4.74 Å². The number of nitrogens with zero attached hydrogens (tertiary/aromatic N) is 2. The highest BCUT2D eigenvalue weighted by molar-refractivity contribution is 6.00. The van der Waals surface area contributed by atoms with Gasteiger partial charge in [-0.25, -0.2) is 0 Å². The predicted octanol–water partition coefficient (Wildman–Crippen LogP) is 2.31. The van der Waals surface area contributed by atoms with E-state index >= 15 is 0 Å². The van der Waals surface area contributed by atoms with Crippen molar-refractivity contribution >= 4 is 17.5 Å². The van der Waals surface area contributed by atoms with Crippen LogP contribution in [0.15, 0.2) is 24.3 Å². The molecule has 2 rings (SSSR count). The van der Waals surface area contributed by atoms with Gasteiger partial charge in [0.25, 0.3) is 0 Å². The number of amides is 2. The molecule has 120 valence electrons. The van der Waals surface area contributed by atoms with Crippen LogP contribution in [0, 0.1) is 5.92 Å². The second-order valence-electron chi connectivity index (χ2n) is 6.05. The molecule has 0 bridgehead atoms. The maximum Gasteiger partial charge on any atom is 0.249 e. The van der Waals surface area contributed by atoms with Gasteiger partial charge in [-0.1, -0.05) is 13.8 Å². The minimum Gasteiger partial charge on any atom is -0.497 e. The molecule has 1 aromatic carbocycles. The van der Waals surface area contributed by atoms with Crippen LogP contribution in [0.5, 0.6) is 5.75 Å². The van der Waals surface area contributed by atoms with Crippen molar-refractivity contribution < 1.29 is 14.3 Å². The van der Waals surface area contributed by atoms with E-state index in [2.05, 4.69) is 0 Å². The summed E-state index contributed by atoms with van der Waals surface area (Å²) >= 11 is 0. The van der Waals surface area contributed by atoms with E-state index < -0.39 is 6.04 Å². The number of hydrogen-bond acceptors (Lipinski definition) is 3. The van der Waals surface area contributed by atoms with Gasteiger partial charge in [-0.2, -0.15) is 0 Å². The Morgan fingerprint density at radius 2 is 1.91 bits per heavy atom. The van der Waals surface area contributed by atoms with E-state index in [1.165, 1.54) is 0 Å². The van der Waals surface area contributed by atoms with Crippen molar-refractivity contribution in [2.45, 2.75) is 33.2 Å². The van der Waals surface area contributed by atoms with E-state index in [1.807, 2.05) is 38.1 Å². The number of methoxy groups -OCH3 is 1. The molecule has 1 saturated heterocycles. The smallest absolute Gasteiger partial charge is 0.249 e. The number of piperazine rings is 1. The highest BCUT2D eigenvalue weighted by Crippen LogP contribution is 2.23. The van der Waals surface area contributed by atoms with E-state index in [-0.39, 0.29) is 11.8 Å². The third-order valence-corrected chi connectivity index (χ3v) is 3.94. The molecular weight excluding hydrogens is 280 g/mol. The number of anilines is 1. The molecule has 0 aliphatic carbocycles. The van der Waals surface area contributed by atoms with Crippen molar-refractivity contribution in [3.05, 3.63) is 24.3 Å². The van der Waals surface area contributed by atoms with Crippen molar-refractivity contribution in [3.63, 3.8) is 0 Å². The molecular formula is C17H24N2O3. The zero-order valence-electron chi connectivity index (χ0n) is 13.7. The second-order valence-corrected chi connectivity index (χ2v) is 6.05. The van der Waals surface area contributed by atoms with Gasteiger partial charge in [-0.05, 0) is 37.1 Å². The Morgan fingerprint density at radius 3 is 2.45 bits per heavy atom. The van der Waals surface area contributed by atoms with E-state index in [0.717, 1.165) is 11.4 Å². The Labute approximate surface area is 131 Å². The molecule has 1 aliphatic rings. The van der Waals surface area contributed by atoms with Gasteiger partial charge in [-0.15, -0.1) is 0 Å². The number of carbonyl (C=O) groups is 2. The molecule has 0 radical (unpaired) electrons. The zero-order chi connectivity index (χ0) is 16.3. The molecule has 1 fully saturated rings. The number of benzene rings is 1. The van der Waals surface area contributed by atoms with Crippen LogP contribution in [0.25, 0.3) is 0 Å². The van der Waals surface area contributed by atoms with Gasteiger partial charge in [0.1, 0.15) is 11.8 Å². The first-order chi connectivity index (χ1) is 10.4. The Morgan fingerprint density at radius 1 is 1.27 bits per heavy atom. The number of ether oxygens (including phenoxy) is 1. The van der Waals surface area contributed by atoms with Crippen LogP contribution in [-0.4, -0.2) is 43.0 Å². The Kier molecular flexibility index (Phi) is 5.06. The largest absolute Gasteiger partial charge is 0.497 e. The van der Waals surface area contributed by atoms with Crippen LogP contribution >= 0.6 is 0 Å². The molecule has 0 N–H and O–H groups in total. The first kappa shape index (κ1) is 16.3. The minimum absolute atomic E-state index is 0.0338. The molecule has 0 spiro atoms. The predicted molar refractivity (Wildman–Crippen MR) is 86.0 cm³/mol. The lowest BCUT2D eigenvalue weighted by Gasteiger charge is -2.39. The van der Waals surface area contributed by atoms with Crippen LogP contribution in [-0.2, 0) is 9.59 Å². The first-order valence-electron chi connectivity index (χ1n) is 7.69. The maximum absolute atomic E-state index is 12.6. The van der Waals surface area contributed by atoms with Gasteiger partial charge in [-0.3, -0.25) is 9.59 Å². The summed E-state index contributed by atoms with van der Waals surface area (Å²) in [6, 6.07) is 7.00. The van der Waals surface area contributed by atoms with Crippen LogP contribution in [0.2, 0.25) is 0 Å². The third kappa shape index (κ3) is 3.40. The van der Waals surface area contributed by atoms with Crippen molar-refractivity contribution in [2.24, 2.45) is 5.92 Å². The van der Waals surface area contributed by atoms with Crippen LogP contribution in [0.4, 0.5) is 5.69 Å². The molecule has 1 heterocycles. The number of rotatable bonds is 4.